The molecule has 0 heterocycles. The molecule has 1 aliphatic carbocycles. The Balaban J connectivity index is 2.16. The predicted octanol–water partition coefficient (Wildman–Crippen LogP) is 1.49. The number of methoxy groups -OCH3 is 1. The summed E-state index contributed by atoms with van der Waals surface area (Å²) in [5.74, 6) is 0.693. The molecule has 0 radical (unpaired) electrons. The predicted molar refractivity (Wildman–Crippen MR) is 74.7 cm³/mol. The average molecular weight is 258 g/mol. The van der Waals surface area contributed by atoms with Crippen LogP contribution in [-0.4, -0.2) is 57.5 Å². The van der Waals surface area contributed by atoms with Gasteiger partial charge in [0.1, 0.15) is 0 Å². The van der Waals surface area contributed by atoms with Crippen LogP contribution in [0, 0.1) is 5.92 Å². The Morgan fingerprint density at radius 2 is 2.06 bits per heavy atom. The Kier molecular flexibility index (Phi) is 8.59. The van der Waals surface area contributed by atoms with Crippen molar-refractivity contribution in [2.24, 2.45) is 11.7 Å². The van der Waals surface area contributed by atoms with Crippen molar-refractivity contribution in [3.63, 3.8) is 0 Å². The smallest absolute Gasteiger partial charge is 0.0593 e. The Labute approximate surface area is 112 Å². The summed E-state index contributed by atoms with van der Waals surface area (Å²) in [6, 6.07) is 0.683. The van der Waals surface area contributed by atoms with Gasteiger partial charge in [0.2, 0.25) is 0 Å². The number of ether oxygens (including phenoxy) is 2. The number of nitrogens with two attached hydrogens (primary N) is 1. The third-order valence-electron chi connectivity index (χ3n) is 3.96. The molecule has 108 valence electrons. The van der Waals surface area contributed by atoms with Crippen LogP contribution < -0.4 is 5.73 Å². The van der Waals surface area contributed by atoms with Crippen LogP contribution in [0.5, 0.6) is 0 Å². The quantitative estimate of drug-likeness (QED) is 0.603. The van der Waals surface area contributed by atoms with Crippen molar-refractivity contribution in [1.29, 1.82) is 0 Å². The molecule has 0 amide bonds. The van der Waals surface area contributed by atoms with Crippen LogP contribution in [0.3, 0.4) is 0 Å². The zero-order valence-electron chi connectivity index (χ0n) is 12.1. The molecule has 4 heteroatoms. The first kappa shape index (κ1) is 15.9. The molecular formula is C14H30N2O2. The first-order chi connectivity index (χ1) is 8.83. The van der Waals surface area contributed by atoms with Crippen LogP contribution in [0.15, 0.2) is 0 Å². The van der Waals surface area contributed by atoms with Crippen LogP contribution in [0.1, 0.15) is 32.6 Å². The van der Waals surface area contributed by atoms with Crippen molar-refractivity contribution in [2.75, 3.05) is 46.6 Å². The van der Waals surface area contributed by atoms with Crippen molar-refractivity contribution >= 4 is 0 Å². The summed E-state index contributed by atoms with van der Waals surface area (Å²) < 4.78 is 10.6. The lowest BCUT2D eigenvalue weighted by molar-refractivity contribution is 0.0676. The molecule has 0 bridgehead atoms. The highest BCUT2D eigenvalue weighted by atomic mass is 16.5. The summed E-state index contributed by atoms with van der Waals surface area (Å²) in [4.78, 5) is 2.54. The largest absolute Gasteiger partial charge is 0.385 e. The lowest BCUT2D eigenvalue weighted by Gasteiger charge is -2.31. The van der Waals surface area contributed by atoms with Gasteiger partial charge in [-0.2, -0.15) is 0 Å². The van der Waals surface area contributed by atoms with E-state index < -0.39 is 0 Å². The highest BCUT2D eigenvalue weighted by molar-refractivity contribution is 4.85. The molecule has 0 aromatic rings. The number of hydrogen-bond donors (Lipinski definition) is 1. The molecular weight excluding hydrogens is 228 g/mol. The first-order valence-corrected chi connectivity index (χ1v) is 7.34. The standard InChI is InChI=1S/C14H30N2O2/c1-3-16(8-11-18-10-5-9-17-2)14-7-4-6-13(14)12-15/h13-14H,3-12,15H2,1-2H3. The van der Waals surface area contributed by atoms with Gasteiger partial charge in [-0.05, 0) is 38.3 Å². The molecule has 0 aromatic carbocycles. The van der Waals surface area contributed by atoms with E-state index in [0.717, 1.165) is 45.9 Å². The maximum Gasteiger partial charge on any atom is 0.0593 e. The molecule has 0 saturated heterocycles. The van der Waals surface area contributed by atoms with Gasteiger partial charge in [-0.1, -0.05) is 13.3 Å². The molecule has 1 fully saturated rings. The number of likely N-dealkylation sites (N-methyl/N-ethyl adjacent to an activating group) is 1. The fraction of sp³-hybridized carbons (Fsp3) is 1.00. The van der Waals surface area contributed by atoms with Crippen molar-refractivity contribution in [3.05, 3.63) is 0 Å². The van der Waals surface area contributed by atoms with E-state index in [4.69, 9.17) is 15.2 Å². The highest BCUT2D eigenvalue weighted by Gasteiger charge is 2.29. The molecule has 18 heavy (non-hydrogen) atoms. The van der Waals surface area contributed by atoms with Gasteiger partial charge >= 0.3 is 0 Å². The number of rotatable bonds is 10. The van der Waals surface area contributed by atoms with E-state index in [-0.39, 0.29) is 0 Å². The van der Waals surface area contributed by atoms with E-state index in [1.165, 1.54) is 19.3 Å². The van der Waals surface area contributed by atoms with Crippen LogP contribution in [0.2, 0.25) is 0 Å². The van der Waals surface area contributed by atoms with Crippen molar-refractivity contribution in [2.45, 2.75) is 38.6 Å². The number of hydrogen-bond acceptors (Lipinski definition) is 4. The monoisotopic (exact) mass is 258 g/mol. The van der Waals surface area contributed by atoms with Crippen molar-refractivity contribution < 1.29 is 9.47 Å². The molecule has 2 unspecified atom stereocenters. The lowest BCUT2D eigenvalue weighted by atomic mass is 10.0. The Morgan fingerprint density at radius 3 is 2.72 bits per heavy atom. The summed E-state index contributed by atoms with van der Waals surface area (Å²) in [5, 5.41) is 0. The van der Waals surface area contributed by atoms with Gasteiger partial charge in [-0.15, -0.1) is 0 Å². The Bertz CT molecular complexity index is 202. The van der Waals surface area contributed by atoms with E-state index >= 15 is 0 Å². The summed E-state index contributed by atoms with van der Waals surface area (Å²) in [5.41, 5.74) is 5.85. The summed E-state index contributed by atoms with van der Waals surface area (Å²) >= 11 is 0. The maximum atomic E-state index is 5.85. The second-order valence-corrected chi connectivity index (χ2v) is 5.08. The van der Waals surface area contributed by atoms with Crippen LogP contribution in [-0.2, 0) is 9.47 Å². The fourth-order valence-electron chi connectivity index (χ4n) is 2.92. The number of nitrogens with zero attached hydrogens (tertiary/aromatic N) is 1. The SMILES string of the molecule is CCN(CCOCCCOC)C1CCCC1CN. The van der Waals surface area contributed by atoms with Crippen molar-refractivity contribution in [3.8, 4) is 0 Å². The molecule has 2 N–H and O–H groups in total. The van der Waals surface area contributed by atoms with Crippen LogP contribution in [0.4, 0.5) is 0 Å². The summed E-state index contributed by atoms with van der Waals surface area (Å²) in [7, 11) is 1.73. The Hall–Kier alpha value is -0.160. The van der Waals surface area contributed by atoms with Crippen LogP contribution >= 0.6 is 0 Å². The Morgan fingerprint density at radius 1 is 1.22 bits per heavy atom. The zero-order valence-corrected chi connectivity index (χ0v) is 12.1. The molecule has 1 saturated carbocycles. The third-order valence-corrected chi connectivity index (χ3v) is 3.96. The van der Waals surface area contributed by atoms with Crippen molar-refractivity contribution in [1.82, 2.24) is 4.90 Å². The molecule has 1 rings (SSSR count). The zero-order chi connectivity index (χ0) is 13.2. The summed E-state index contributed by atoms with van der Waals surface area (Å²) in [6.45, 7) is 7.61. The van der Waals surface area contributed by atoms with Gasteiger partial charge < -0.3 is 15.2 Å². The molecule has 2 atom stereocenters. The van der Waals surface area contributed by atoms with Gasteiger partial charge in [0, 0.05) is 32.9 Å². The fourth-order valence-corrected chi connectivity index (χ4v) is 2.92. The minimum absolute atomic E-state index is 0.683. The lowest BCUT2D eigenvalue weighted by Crippen LogP contribution is -2.42. The van der Waals surface area contributed by atoms with E-state index in [0.29, 0.717) is 12.0 Å². The summed E-state index contributed by atoms with van der Waals surface area (Å²) in [6.07, 6.45) is 4.92. The van der Waals surface area contributed by atoms with E-state index in [1.807, 2.05) is 0 Å². The van der Waals surface area contributed by atoms with Gasteiger partial charge in [-0.25, -0.2) is 0 Å². The molecule has 0 aliphatic heterocycles. The highest BCUT2D eigenvalue weighted by Crippen LogP contribution is 2.28. The molecule has 1 aliphatic rings. The average Bonchev–Trinajstić information content (AvgIpc) is 2.86. The topological polar surface area (TPSA) is 47.7 Å². The first-order valence-electron chi connectivity index (χ1n) is 7.34. The molecule has 0 spiro atoms. The van der Waals surface area contributed by atoms with E-state index in [2.05, 4.69) is 11.8 Å². The van der Waals surface area contributed by atoms with E-state index in [9.17, 15) is 0 Å². The minimum Gasteiger partial charge on any atom is -0.385 e. The maximum absolute atomic E-state index is 5.85. The van der Waals surface area contributed by atoms with Gasteiger partial charge in [-0.3, -0.25) is 4.90 Å². The molecule has 4 nitrogen and oxygen atoms in total. The molecule has 0 aromatic heterocycles. The van der Waals surface area contributed by atoms with Gasteiger partial charge in [0.15, 0.2) is 0 Å². The van der Waals surface area contributed by atoms with Crippen LogP contribution in [0.25, 0.3) is 0 Å². The minimum atomic E-state index is 0.683. The van der Waals surface area contributed by atoms with E-state index in [1.54, 1.807) is 7.11 Å². The second kappa shape index (κ2) is 9.73. The van der Waals surface area contributed by atoms with Gasteiger partial charge in [0.25, 0.3) is 0 Å². The normalized spacial score (nSPS) is 24.0. The van der Waals surface area contributed by atoms with Gasteiger partial charge in [0.05, 0.1) is 6.61 Å². The third kappa shape index (κ3) is 5.22. The second-order valence-electron chi connectivity index (χ2n) is 5.08.